The summed E-state index contributed by atoms with van der Waals surface area (Å²) in [5.74, 6) is 1.20. The van der Waals surface area contributed by atoms with Crippen molar-refractivity contribution in [3.63, 3.8) is 0 Å². The van der Waals surface area contributed by atoms with Crippen molar-refractivity contribution in [2.75, 3.05) is 19.0 Å². The third kappa shape index (κ3) is 2.49. The molecule has 0 saturated heterocycles. The van der Waals surface area contributed by atoms with Crippen LogP contribution in [0.1, 0.15) is 30.7 Å². The van der Waals surface area contributed by atoms with Gasteiger partial charge in [-0.1, -0.05) is 0 Å². The van der Waals surface area contributed by atoms with Gasteiger partial charge in [-0.25, -0.2) is 0 Å². The number of rotatable bonds is 6. The molecule has 7 nitrogen and oxygen atoms in total. The van der Waals surface area contributed by atoms with Crippen LogP contribution in [0.25, 0.3) is 0 Å². The smallest absolute Gasteiger partial charge is 0.229 e. The zero-order valence-corrected chi connectivity index (χ0v) is 15.0. The number of amides is 1. The van der Waals surface area contributed by atoms with E-state index in [-0.39, 0.29) is 17.2 Å². The molecule has 134 valence electrons. The second kappa shape index (κ2) is 5.98. The van der Waals surface area contributed by atoms with Gasteiger partial charge in [0.05, 0.1) is 19.1 Å². The van der Waals surface area contributed by atoms with E-state index < -0.39 is 0 Å². The maximum Gasteiger partial charge on any atom is 0.229 e. The van der Waals surface area contributed by atoms with E-state index in [1.165, 1.54) is 5.69 Å². The Morgan fingerprint density at radius 3 is 3.04 bits per heavy atom. The van der Waals surface area contributed by atoms with Crippen molar-refractivity contribution in [2.45, 2.75) is 38.1 Å². The van der Waals surface area contributed by atoms with Crippen LogP contribution in [0.5, 0.6) is 0 Å². The van der Waals surface area contributed by atoms with Crippen molar-refractivity contribution in [1.29, 1.82) is 0 Å². The fraction of sp³-hybridized carbons (Fsp3) is 0.611. The normalized spacial score (nSPS) is 27.3. The second-order valence-corrected chi connectivity index (χ2v) is 7.35. The molecule has 0 spiro atoms. The molecule has 2 aromatic heterocycles. The van der Waals surface area contributed by atoms with Crippen molar-refractivity contribution in [3.05, 3.63) is 29.7 Å². The highest BCUT2D eigenvalue weighted by Gasteiger charge is 2.63. The van der Waals surface area contributed by atoms with Gasteiger partial charge in [-0.2, -0.15) is 10.2 Å². The molecule has 0 radical (unpaired) electrons. The maximum absolute atomic E-state index is 13.0. The van der Waals surface area contributed by atoms with E-state index in [1.807, 2.05) is 30.9 Å². The van der Waals surface area contributed by atoms with E-state index >= 15 is 0 Å². The van der Waals surface area contributed by atoms with Crippen LogP contribution in [-0.4, -0.2) is 39.2 Å². The van der Waals surface area contributed by atoms with Crippen molar-refractivity contribution in [2.24, 2.45) is 18.9 Å². The summed E-state index contributed by atoms with van der Waals surface area (Å²) >= 11 is 0. The summed E-state index contributed by atoms with van der Waals surface area (Å²) < 4.78 is 8.98. The van der Waals surface area contributed by atoms with E-state index in [4.69, 9.17) is 4.74 Å². The van der Waals surface area contributed by atoms with Gasteiger partial charge < -0.3 is 10.1 Å². The quantitative estimate of drug-likeness (QED) is 0.869. The molecule has 3 fully saturated rings. The molecule has 0 aliphatic heterocycles. The number of nitrogens with zero attached hydrogens (tertiary/aromatic N) is 4. The maximum atomic E-state index is 13.0. The first kappa shape index (κ1) is 16.3. The zero-order valence-electron chi connectivity index (χ0n) is 15.0. The zero-order chi connectivity index (χ0) is 17.6. The lowest BCUT2D eigenvalue weighted by Gasteiger charge is -2.46. The van der Waals surface area contributed by atoms with E-state index in [2.05, 4.69) is 21.6 Å². The highest BCUT2D eigenvalue weighted by atomic mass is 16.5. The third-order valence-corrected chi connectivity index (χ3v) is 6.04. The predicted molar refractivity (Wildman–Crippen MR) is 93.2 cm³/mol. The molecule has 2 heterocycles. The van der Waals surface area contributed by atoms with Crippen LogP contribution in [0.4, 0.5) is 5.82 Å². The van der Waals surface area contributed by atoms with Crippen LogP contribution >= 0.6 is 0 Å². The first-order chi connectivity index (χ1) is 12.0. The summed E-state index contributed by atoms with van der Waals surface area (Å²) in [6.07, 6.45) is 5.07. The molecule has 7 heteroatoms. The molecule has 25 heavy (non-hydrogen) atoms. The number of carbonyl (C=O) groups is 1. The Labute approximate surface area is 147 Å². The Kier molecular flexibility index (Phi) is 3.91. The molecule has 1 N–H and O–H groups in total. The third-order valence-electron chi connectivity index (χ3n) is 6.04. The van der Waals surface area contributed by atoms with E-state index in [0.717, 1.165) is 31.5 Å². The van der Waals surface area contributed by atoms with Crippen molar-refractivity contribution < 1.29 is 9.53 Å². The lowest BCUT2D eigenvalue weighted by Crippen LogP contribution is -2.51. The Hall–Kier alpha value is -2.15. The van der Waals surface area contributed by atoms with Crippen LogP contribution in [0.3, 0.4) is 0 Å². The molecule has 3 aliphatic rings. The number of aromatic nitrogens is 4. The highest BCUT2D eigenvalue weighted by molar-refractivity contribution is 5.94. The van der Waals surface area contributed by atoms with Gasteiger partial charge in [-0.15, -0.1) is 0 Å². The summed E-state index contributed by atoms with van der Waals surface area (Å²) in [4.78, 5) is 13.0. The van der Waals surface area contributed by atoms with Gasteiger partial charge in [-0.05, 0) is 38.2 Å². The fourth-order valence-corrected chi connectivity index (χ4v) is 4.77. The van der Waals surface area contributed by atoms with Crippen LogP contribution < -0.4 is 5.32 Å². The standard InChI is InChI=1S/C18H25N5O2/c1-12-10-15(21-22(12)2)20-17(24)16-13-4-6-18(16,11-13)14-5-7-19-23(14)8-9-25-3/h5,7,10,13,16H,4,6,8-9,11H2,1-3H3,(H,20,21,24). The molecular formula is C18H25N5O2. The molecular weight excluding hydrogens is 318 g/mol. The molecule has 3 saturated carbocycles. The summed E-state index contributed by atoms with van der Waals surface area (Å²) in [5.41, 5.74) is 2.12. The van der Waals surface area contributed by atoms with Crippen LogP contribution in [0.2, 0.25) is 0 Å². The number of methoxy groups -OCH3 is 1. The first-order valence-electron chi connectivity index (χ1n) is 8.88. The Morgan fingerprint density at radius 1 is 1.52 bits per heavy atom. The van der Waals surface area contributed by atoms with Crippen LogP contribution in [-0.2, 0) is 28.5 Å². The summed E-state index contributed by atoms with van der Waals surface area (Å²) in [6, 6.07) is 3.98. The van der Waals surface area contributed by atoms with E-state index in [0.29, 0.717) is 18.3 Å². The summed E-state index contributed by atoms with van der Waals surface area (Å²) in [5, 5.41) is 11.8. The summed E-state index contributed by atoms with van der Waals surface area (Å²) in [6.45, 7) is 3.32. The lowest BCUT2D eigenvalue weighted by atomic mass is 9.58. The Balaban J connectivity index is 1.56. The van der Waals surface area contributed by atoms with Crippen LogP contribution in [0, 0.1) is 18.8 Å². The number of ether oxygens (including phenoxy) is 1. The molecule has 5 rings (SSSR count). The van der Waals surface area contributed by atoms with Gasteiger partial charge in [0.15, 0.2) is 5.82 Å². The topological polar surface area (TPSA) is 74.0 Å². The van der Waals surface area contributed by atoms with Gasteiger partial charge in [-0.3, -0.25) is 14.2 Å². The Bertz CT molecular complexity index is 772. The number of nitrogens with one attached hydrogen (secondary N) is 1. The minimum atomic E-state index is -0.0805. The number of anilines is 1. The molecule has 3 aliphatic carbocycles. The summed E-state index contributed by atoms with van der Waals surface area (Å²) in [7, 11) is 3.58. The molecule has 0 aromatic carbocycles. The molecule has 2 bridgehead atoms. The molecule has 3 unspecified atom stereocenters. The highest BCUT2D eigenvalue weighted by Crippen LogP contribution is 2.64. The number of hydrogen-bond donors (Lipinski definition) is 1. The monoisotopic (exact) mass is 343 g/mol. The second-order valence-electron chi connectivity index (χ2n) is 7.35. The van der Waals surface area contributed by atoms with Gasteiger partial charge >= 0.3 is 0 Å². The van der Waals surface area contributed by atoms with E-state index in [9.17, 15) is 4.79 Å². The SMILES string of the molecule is COCCn1nccc1C12CCC(C1)C2C(=O)Nc1cc(C)n(C)n1. The van der Waals surface area contributed by atoms with Crippen LogP contribution in [0.15, 0.2) is 18.3 Å². The number of hydrogen-bond acceptors (Lipinski definition) is 4. The number of carbonyl (C=O) groups excluding carboxylic acids is 1. The first-order valence-corrected chi connectivity index (χ1v) is 8.88. The van der Waals surface area contributed by atoms with Gasteiger partial charge in [0.25, 0.3) is 0 Å². The number of fused-ring (bicyclic) bond motifs is 1. The average molecular weight is 343 g/mol. The molecule has 3 atom stereocenters. The Morgan fingerprint density at radius 2 is 2.36 bits per heavy atom. The molecule has 2 aromatic rings. The van der Waals surface area contributed by atoms with Crippen molar-refractivity contribution in [1.82, 2.24) is 19.6 Å². The molecule has 1 amide bonds. The van der Waals surface area contributed by atoms with E-state index in [1.54, 1.807) is 11.8 Å². The minimum Gasteiger partial charge on any atom is -0.383 e. The van der Waals surface area contributed by atoms with Crippen molar-refractivity contribution in [3.8, 4) is 0 Å². The average Bonchev–Trinajstić information content (AvgIpc) is 3.29. The largest absolute Gasteiger partial charge is 0.383 e. The van der Waals surface area contributed by atoms with Gasteiger partial charge in [0.2, 0.25) is 5.91 Å². The predicted octanol–water partition coefficient (Wildman–Crippen LogP) is 1.88. The lowest BCUT2D eigenvalue weighted by molar-refractivity contribution is -0.127. The van der Waals surface area contributed by atoms with Gasteiger partial charge in [0.1, 0.15) is 0 Å². The van der Waals surface area contributed by atoms with Crippen molar-refractivity contribution >= 4 is 11.7 Å². The fourth-order valence-electron chi connectivity index (χ4n) is 4.77. The number of aryl methyl sites for hydroxylation is 2. The van der Waals surface area contributed by atoms with Gasteiger partial charge in [0, 0.05) is 43.2 Å². The minimum absolute atomic E-state index is 0.00723.